The average molecular weight is 195 g/mol. The summed E-state index contributed by atoms with van der Waals surface area (Å²) in [6.45, 7) is 3.17. The van der Waals surface area contributed by atoms with Crippen LogP contribution in [-0.2, 0) is 6.42 Å². The molecule has 2 N–H and O–H groups in total. The Labute approximate surface area is 84.8 Å². The molecule has 0 amide bonds. The first-order valence-electron chi connectivity index (χ1n) is 4.81. The molecule has 0 aromatic heterocycles. The molecule has 0 spiro atoms. The van der Waals surface area contributed by atoms with Crippen molar-refractivity contribution < 1.29 is 9.47 Å². The van der Waals surface area contributed by atoms with Gasteiger partial charge >= 0.3 is 0 Å². The minimum Gasteiger partial charge on any atom is -0.496 e. The summed E-state index contributed by atoms with van der Waals surface area (Å²) in [5.74, 6) is 1.76. The Kier molecular flexibility index (Phi) is 4.26. The Balaban J connectivity index is 2.79. The van der Waals surface area contributed by atoms with E-state index in [1.165, 1.54) is 0 Å². The molecule has 0 aliphatic heterocycles. The number of hydrogen-bond acceptors (Lipinski definition) is 3. The quantitative estimate of drug-likeness (QED) is 0.776. The zero-order valence-electron chi connectivity index (χ0n) is 8.75. The van der Waals surface area contributed by atoms with Crippen molar-refractivity contribution in [3.63, 3.8) is 0 Å². The first kappa shape index (κ1) is 10.9. The molecule has 0 aliphatic rings. The molecule has 0 saturated carbocycles. The molecule has 0 aliphatic carbocycles. The van der Waals surface area contributed by atoms with Crippen LogP contribution in [0.2, 0.25) is 0 Å². The minimum atomic E-state index is 0.535. The number of methoxy groups -OCH3 is 1. The molecule has 14 heavy (non-hydrogen) atoms. The fourth-order valence-corrected chi connectivity index (χ4v) is 1.30. The lowest BCUT2D eigenvalue weighted by Crippen LogP contribution is -2.10. The molecular formula is C11H17NO2. The van der Waals surface area contributed by atoms with Gasteiger partial charge in [-0.1, -0.05) is 6.92 Å². The van der Waals surface area contributed by atoms with Gasteiger partial charge in [0.15, 0.2) is 0 Å². The molecule has 3 nitrogen and oxygen atoms in total. The largest absolute Gasteiger partial charge is 0.496 e. The molecule has 0 unspecified atom stereocenters. The Morgan fingerprint density at radius 1 is 1.36 bits per heavy atom. The van der Waals surface area contributed by atoms with E-state index in [9.17, 15) is 0 Å². The second-order valence-electron chi connectivity index (χ2n) is 2.96. The van der Waals surface area contributed by atoms with E-state index in [4.69, 9.17) is 15.2 Å². The Bertz CT molecular complexity index is 287. The van der Waals surface area contributed by atoms with Crippen molar-refractivity contribution in [3.8, 4) is 11.5 Å². The lowest BCUT2D eigenvalue weighted by atomic mass is 10.1. The molecule has 1 aromatic rings. The molecule has 0 radical (unpaired) electrons. The molecule has 0 atom stereocenters. The normalized spacial score (nSPS) is 9.93. The van der Waals surface area contributed by atoms with Gasteiger partial charge in [0.25, 0.3) is 0 Å². The smallest absolute Gasteiger partial charge is 0.122 e. The third kappa shape index (κ3) is 2.64. The van der Waals surface area contributed by atoms with Gasteiger partial charge in [0.05, 0.1) is 7.11 Å². The molecule has 0 heterocycles. The maximum atomic E-state index is 5.42. The van der Waals surface area contributed by atoms with Crippen molar-refractivity contribution in [3.05, 3.63) is 23.8 Å². The summed E-state index contributed by atoms with van der Waals surface area (Å²) in [6.07, 6.45) is 0.934. The molecule has 0 fully saturated rings. The van der Waals surface area contributed by atoms with E-state index in [-0.39, 0.29) is 0 Å². The van der Waals surface area contributed by atoms with Crippen LogP contribution in [0.25, 0.3) is 0 Å². The summed E-state index contributed by atoms with van der Waals surface area (Å²) in [5, 5.41) is 0. The predicted molar refractivity (Wildman–Crippen MR) is 56.9 cm³/mol. The average Bonchev–Trinajstić information content (AvgIpc) is 2.25. The van der Waals surface area contributed by atoms with Crippen LogP contribution in [0.3, 0.4) is 0 Å². The van der Waals surface area contributed by atoms with Gasteiger partial charge in [0.1, 0.15) is 18.1 Å². The van der Waals surface area contributed by atoms with E-state index in [0.717, 1.165) is 23.5 Å². The number of hydrogen-bond donors (Lipinski definition) is 1. The number of rotatable bonds is 5. The number of benzene rings is 1. The highest BCUT2D eigenvalue weighted by Crippen LogP contribution is 2.24. The molecular weight excluding hydrogens is 178 g/mol. The summed E-state index contributed by atoms with van der Waals surface area (Å²) >= 11 is 0. The lowest BCUT2D eigenvalue weighted by Gasteiger charge is -2.09. The minimum absolute atomic E-state index is 0.535. The molecule has 78 valence electrons. The monoisotopic (exact) mass is 195 g/mol. The highest BCUT2D eigenvalue weighted by atomic mass is 16.5. The highest BCUT2D eigenvalue weighted by Gasteiger charge is 2.02. The number of ether oxygens (including phenoxy) is 2. The summed E-state index contributed by atoms with van der Waals surface area (Å²) in [6, 6.07) is 5.81. The van der Waals surface area contributed by atoms with Gasteiger partial charge in [-0.05, 0) is 30.2 Å². The van der Waals surface area contributed by atoms with E-state index in [2.05, 4.69) is 6.92 Å². The molecule has 0 saturated heterocycles. The third-order valence-electron chi connectivity index (χ3n) is 2.02. The fourth-order valence-electron chi connectivity index (χ4n) is 1.30. The van der Waals surface area contributed by atoms with Crippen LogP contribution in [0, 0.1) is 0 Å². The van der Waals surface area contributed by atoms with Crippen molar-refractivity contribution in [1.29, 1.82) is 0 Å². The van der Waals surface area contributed by atoms with Gasteiger partial charge in [-0.3, -0.25) is 0 Å². The fraction of sp³-hybridized carbons (Fsp3) is 0.455. The Hall–Kier alpha value is -1.22. The van der Waals surface area contributed by atoms with Gasteiger partial charge in [0, 0.05) is 6.54 Å². The predicted octanol–water partition coefficient (Wildman–Crippen LogP) is 1.60. The topological polar surface area (TPSA) is 44.5 Å². The first-order valence-corrected chi connectivity index (χ1v) is 4.81. The van der Waals surface area contributed by atoms with E-state index < -0.39 is 0 Å². The zero-order valence-corrected chi connectivity index (χ0v) is 8.75. The highest BCUT2D eigenvalue weighted by molar-refractivity contribution is 5.40. The van der Waals surface area contributed by atoms with Crippen LogP contribution in [0.15, 0.2) is 18.2 Å². The van der Waals surface area contributed by atoms with E-state index in [0.29, 0.717) is 13.2 Å². The van der Waals surface area contributed by atoms with Crippen molar-refractivity contribution in [2.75, 3.05) is 20.3 Å². The van der Waals surface area contributed by atoms with Crippen molar-refractivity contribution in [2.24, 2.45) is 5.73 Å². The van der Waals surface area contributed by atoms with Crippen molar-refractivity contribution >= 4 is 0 Å². The molecule has 1 rings (SSSR count). The second kappa shape index (κ2) is 5.50. The SMILES string of the molecule is CCc1cc(OCCN)ccc1OC. The van der Waals surface area contributed by atoms with E-state index in [1.807, 2.05) is 18.2 Å². The van der Waals surface area contributed by atoms with Crippen molar-refractivity contribution in [2.45, 2.75) is 13.3 Å². The van der Waals surface area contributed by atoms with Gasteiger partial charge in [-0.15, -0.1) is 0 Å². The van der Waals surface area contributed by atoms with Gasteiger partial charge in [0.2, 0.25) is 0 Å². The number of nitrogens with two attached hydrogens (primary N) is 1. The van der Waals surface area contributed by atoms with E-state index in [1.54, 1.807) is 7.11 Å². The van der Waals surface area contributed by atoms with Crippen LogP contribution < -0.4 is 15.2 Å². The standard InChI is InChI=1S/C11H17NO2/c1-3-9-8-10(14-7-6-12)4-5-11(9)13-2/h4-5,8H,3,6-7,12H2,1-2H3. The Morgan fingerprint density at radius 3 is 2.71 bits per heavy atom. The Morgan fingerprint density at radius 2 is 2.14 bits per heavy atom. The van der Waals surface area contributed by atoms with E-state index >= 15 is 0 Å². The molecule has 0 bridgehead atoms. The van der Waals surface area contributed by atoms with Gasteiger partial charge in [-0.25, -0.2) is 0 Å². The molecule has 1 aromatic carbocycles. The zero-order chi connectivity index (χ0) is 10.4. The summed E-state index contributed by atoms with van der Waals surface area (Å²) in [7, 11) is 1.68. The van der Waals surface area contributed by atoms with Crippen LogP contribution >= 0.6 is 0 Å². The summed E-state index contributed by atoms with van der Waals surface area (Å²) in [4.78, 5) is 0. The van der Waals surface area contributed by atoms with Crippen LogP contribution in [0.1, 0.15) is 12.5 Å². The van der Waals surface area contributed by atoms with Gasteiger partial charge in [-0.2, -0.15) is 0 Å². The van der Waals surface area contributed by atoms with Gasteiger partial charge < -0.3 is 15.2 Å². The summed E-state index contributed by atoms with van der Waals surface area (Å²) in [5.41, 5.74) is 6.51. The third-order valence-corrected chi connectivity index (χ3v) is 2.02. The summed E-state index contributed by atoms with van der Waals surface area (Å²) < 4.78 is 10.6. The van der Waals surface area contributed by atoms with Crippen molar-refractivity contribution in [1.82, 2.24) is 0 Å². The first-order chi connectivity index (χ1) is 6.81. The number of aryl methyl sites for hydroxylation is 1. The van der Waals surface area contributed by atoms with Crippen LogP contribution in [0.5, 0.6) is 11.5 Å². The van der Waals surface area contributed by atoms with Crippen LogP contribution in [-0.4, -0.2) is 20.3 Å². The lowest BCUT2D eigenvalue weighted by molar-refractivity contribution is 0.326. The second-order valence-corrected chi connectivity index (χ2v) is 2.96. The molecule has 3 heteroatoms. The maximum absolute atomic E-state index is 5.42. The maximum Gasteiger partial charge on any atom is 0.122 e. The van der Waals surface area contributed by atoms with Crippen LogP contribution in [0.4, 0.5) is 0 Å².